The minimum Gasteiger partial charge on any atom is -0.487 e. The zero-order valence-corrected chi connectivity index (χ0v) is 30.9. The van der Waals surface area contributed by atoms with Gasteiger partial charge in [-0.3, -0.25) is 4.79 Å². The summed E-state index contributed by atoms with van der Waals surface area (Å²) in [6, 6.07) is 17.3. The predicted octanol–water partition coefficient (Wildman–Crippen LogP) is 5.54. The third-order valence-corrected chi connectivity index (χ3v) is 8.28. The topological polar surface area (TPSA) is 137 Å². The number of carbonyl (C=O) groups is 3. The van der Waals surface area contributed by atoms with Crippen molar-refractivity contribution < 1.29 is 33.3 Å². The number of ether oxygens (including phenoxy) is 4. The van der Waals surface area contributed by atoms with Crippen LogP contribution in [0.5, 0.6) is 11.5 Å². The van der Waals surface area contributed by atoms with E-state index >= 15 is 0 Å². The maximum atomic E-state index is 12.8. The lowest BCUT2D eigenvalue weighted by Gasteiger charge is -2.30. The van der Waals surface area contributed by atoms with Gasteiger partial charge in [-0.15, -0.1) is 0 Å². The number of esters is 2. The first kappa shape index (κ1) is 36.1. The summed E-state index contributed by atoms with van der Waals surface area (Å²) < 4.78 is 24.1. The van der Waals surface area contributed by atoms with Gasteiger partial charge in [-0.25, -0.2) is 15.0 Å². The molecule has 0 saturated heterocycles. The summed E-state index contributed by atoms with van der Waals surface area (Å²) in [7, 11) is 0. The first-order chi connectivity index (χ1) is 22.6. The van der Waals surface area contributed by atoms with Crippen LogP contribution in [-0.4, -0.2) is 49.0 Å². The lowest BCUT2D eigenvalue weighted by atomic mass is 9.95. The minimum atomic E-state index is -0.642. The van der Waals surface area contributed by atoms with Crippen LogP contribution in [0, 0.1) is 7.14 Å². The summed E-state index contributed by atoms with van der Waals surface area (Å²) in [6.07, 6.45) is 1.51. The van der Waals surface area contributed by atoms with Crippen LogP contribution >= 0.6 is 57.4 Å². The quantitative estimate of drug-likeness (QED) is 0.0661. The zero-order valence-electron chi connectivity index (χ0n) is 25.7. The highest BCUT2D eigenvalue weighted by molar-refractivity contribution is 14.1. The third-order valence-electron chi connectivity index (χ3n) is 6.63. The van der Waals surface area contributed by atoms with E-state index in [9.17, 15) is 14.4 Å². The van der Waals surface area contributed by atoms with Gasteiger partial charge < -0.3 is 29.6 Å². The van der Waals surface area contributed by atoms with Gasteiger partial charge in [-0.2, -0.15) is 5.10 Å². The van der Waals surface area contributed by atoms with Gasteiger partial charge in [0.15, 0.2) is 11.7 Å². The molecule has 1 aliphatic rings. The Morgan fingerprint density at radius 2 is 1.68 bits per heavy atom. The summed E-state index contributed by atoms with van der Waals surface area (Å²) in [5.41, 5.74) is 6.04. The molecule has 1 heterocycles. The van der Waals surface area contributed by atoms with E-state index in [1.807, 2.05) is 24.3 Å². The molecule has 11 nitrogen and oxygen atoms in total. The predicted molar refractivity (Wildman–Crippen MR) is 197 cm³/mol. The van der Waals surface area contributed by atoms with Crippen LogP contribution < -0.4 is 25.5 Å². The second kappa shape index (κ2) is 17.4. The Morgan fingerprint density at radius 3 is 2.40 bits per heavy atom. The zero-order chi connectivity index (χ0) is 33.9. The number of para-hydroxylation sites is 1. The van der Waals surface area contributed by atoms with Crippen LogP contribution in [-0.2, 0) is 25.7 Å². The molecule has 246 valence electrons. The highest BCUT2D eigenvalue weighted by Crippen LogP contribution is 2.34. The fourth-order valence-corrected chi connectivity index (χ4v) is 6.86. The number of halogens is 2. The molecule has 0 bridgehead atoms. The average Bonchev–Trinajstić information content (AvgIpc) is 3.03. The molecule has 0 radical (unpaired) electrons. The SMILES string of the molecule is CCOC(=O)C1=C(C)NC(=S)N[C@@H]1c1ccccc1OCC(=O)NN=Cc1cc(I)cc(I)c1OCc1ccc(C(=O)OCC)cc1. The van der Waals surface area contributed by atoms with E-state index < -0.39 is 17.9 Å². The van der Waals surface area contributed by atoms with Gasteiger partial charge in [-0.05, 0) is 114 Å². The van der Waals surface area contributed by atoms with Crippen molar-refractivity contribution in [3.8, 4) is 11.5 Å². The summed E-state index contributed by atoms with van der Waals surface area (Å²) in [6.45, 7) is 5.68. The molecule has 14 heteroatoms. The number of nitrogens with zero attached hydrogens (tertiary/aromatic N) is 1. The van der Waals surface area contributed by atoms with Crippen molar-refractivity contribution in [2.75, 3.05) is 19.8 Å². The summed E-state index contributed by atoms with van der Waals surface area (Å²) in [5.74, 6) is -0.369. The highest BCUT2D eigenvalue weighted by atomic mass is 127. The van der Waals surface area contributed by atoms with E-state index in [-0.39, 0.29) is 25.8 Å². The van der Waals surface area contributed by atoms with Crippen molar-refractivity contribution in [2.45, 2.75) is 33.4 Å². The van der Waals surface area contributed by atoms with Gasteiger partial charge in [0.2, 0.25) is 0 Å². The first-order valence-corrected chi connectivity index (χ1v) is 17.0. The number of amides is 1. The van der Waals surface area contributed by atoms with Gasteiger partial charge in [0.1, 0.15) is 18.1 Å². The van der Waals surface area contributed by atoms with Crippen LogP contribution in [0.15, 0.2) is 77.0 Å². The number of benzene rings is 3. The molecular formula is C33H32I2N4O7S. The second-order valence-corrected chi connectivity index (χ2v) is 12.7. The molecule has 1 atom stereocenters. The lowest BCUT2D eigenvalue weighted by Crippen LogP contribution is -2.45. The van der Waals surface area contributed by atoms with Crippen molar-refractivity contribution in [2.24, 2.45) is 5.10 Å². The number of hydrogen-bond acceptors (Lipinski definition) is 9. The van der Waals surface area contributed by atoms with E-state index in [2.05, 4.69) is 66.3 Å². The molecule has 0 fully saturated rings. The van der Waals surface area contributed by atoms with E-state index in [0.717, 1.165) is 12.7 Å². The molecule has 3 aromatic rings. The van der Waals surface area contributed by atoms with Crippen LogP contribution in [0.3, 0.4) is 0 Å². The molecule has 3 N–H and O–H groups in total. The molecule has 47 heavy (non-hydrogen) atoms. The van der Waals surface area contributed by atoms with E-state index in [0.29, 0.717) is 51.2 Å². The second-order valence-electron chi connectivity index (χ2n) is 9.92. The molecule has 1 amide bonds. The number of rotatable bonds is 13. The molecule has 0 unspecified atom stereocenters. The maximum absolute atomic E-state index is 12.8. The van der Waals surface area contributed by atoms with E-state index in [4.69, 9.17) is 31.2 Å². The van der Waals surface area contributed by atoms with Crippen molar-refractivity contribution >= 4 is 86.6 Å². The normalized spacial score (nSPS) is 14.2. The Hall–Kier alpha value is -3.77. The smallest absolute Gasteiger partial charge is 0.338 e. The van der Waals surface area contributed by atoms with Crippen molar-refractivity contribution in [1.82, 2.24) is 16.1 Å². The van der Waals surface area contributed by atoms with Crippen LogP contribution in [0.25, 0.3) is 0 Å². The monoisotopic (exact) mass is 882 g/mol. The number of allylic oxidation sites excluding steroid dienone is 1. The molecule has 1 aliphatic heterocycles. The standard InChI is InChI=1S/C33H32I2N4O7S/c1-4-43-31(41)21-12-10-20(11-13-21)17-46-30-22(14-23(34)15-25(30)35)16-36-39-27(40)18-45-26-9-7-6-8-24(26)29-28(32(42)44-5-2)19(3)37-33(47)38-29/h6-16,29H,4-5,17-18H2,1-3H3,(H,39,40)(H2,37,38,47)/t29-/m1/s1. The number of nitrogens with one attached hydrogen (secondary N) is 3. The molecule has 0 saturated carbocycles. The van der Waals surface area contributed by atoms with Gasteiger partial charge in [0.05, 0.1) is 40.2 Å². The Labute approximate surface area is 305 Å². The Morgan fingerprint density at radius 1 is 0.979 bits per heavy atom. The fraction of sp³-hybridized carbons (Fsp3) is 0.242. The molecule has 4 rings (SSSR count). The summed E-state index contributed by atoms with van der Waals surface area (Å²) in [5, 5.41) is 10.6. The number of hydrazone groups is 1. The van der Waals surface area contributed by atoms with Crippen molar-refractivity contribution in [1.29, 1.82) is 0 Å². The van der Waals surface area contributed by atoms with Crippen molar-refractivity contribution in [3.05, 3.63) is 101 Å². The van der Waals surface area contributed by atoms with Crippen molar-refractivity contribution in [3.63, 3.8) is 0 Å². The van der Waals surface area contributed by atoms with E-state index in [1.54, 1.807) is 57.2 Å². The van der Waals surface area contributed by atoms with Crippen LogP contribution in [0.2, 0.25) is 0 Å². The summed E-state index contributed by atoms with van der Waals surface area (Å²) >= 11 is 9.72. The Kier molecular flexibility index (Phi) is 13.4. The van der Waals surface area contributed by atoms with Crippen LogP contribution in [0.1, 0.15) is 53.9 Å². The third kappa shape index (κ3) is 9.87. The molecule has 0 aromatic heterocycles. The number of hydrogen-bond donors (Lipinski definition) is 3. The Bertz CT molecular complexity index is 1710. The fourth-order valence-electron chi connectivity index (χ4n) is 4.54. The van der Waals surface area contributed by atoms with Gasteiger partial charge in [-0.1, -0.05) is 30.3 Å². The number of thiocarbonyl (C=S) groups is 1. The lowest BCUT2D eigenvalue weighted by molar-refractivity contribution is -0.139. The maximum Gasteiger partial charge on any atom is 0.338 e. The van der Waals surface area contributed by atoms with Gasteiger partial charge in [0, 0.05) is 20.4 Å². The Balaban J connectivity index is 1.41. The van der Waals surface area contributed by atoms with Crippen LogP contribution in [0.4, 0.5) is 0 Å². The van der Waals surface area contributed by atoms with Gasteiger partial charge >= 0.3 is 11.9 Å². The molecule has 0 spiro atoms. The highest BCUT2D eigenvalue weighted by Gasteiger charge is 2.32. The average molecular weight is 883 g/mol. The number of carbonyl (C=O) groups excluding carboxylic acids is 3. The largest absolute Gasteiger partial charge is 0.487 e. The van der Waals surface area contributed by atoms with Gasteiger partial charge in [0.25, 0.3) is 5.91 Å². The molecular weight excluding hydrogens is 850 g/mol. The minimum absolute atomic E-state index is 0.215. The first-order valence-electron chi connectivity index (χ1n) is 14.5. The molecule has 0 aliphatic carbocycles. The molecule has 3 aromatic carbocycles. The van der Waals surface area contributed by atoms with E-state index in [1.165, 1.54) is 6.21 Å². The summed E-state index contributed by atoms with van der Waals surface area (Å²) in [4.78, 5) is 37.5.